The average Bonchev–Trinajstić information content (AvgIpc) is 2.27. The van der Waals surface area contributed by atoms with Crippen molar-refractivity contribution in [3.8, 4) is 0 Å². The van der Waals surface area contributed by atoms with Crippen LogP contribution in [0.25, 0.3) is 0 Å². The van der Waals surface area contributed by atoms with Crippen molar-refractivity contribution in [2.24, 2.45) is 5.73 Å². The van der Waals surface area contributed by atoms with Gasteiger partial charge in [0.1, 0.15) is 0 Å². The van der Waals surface area contributed by atoms with Gasteiger partial charge in [0.2, 0.25) is 0 Å². The molecule has 10 nitrogen and oxygen atoms in total. The molecule has 3 N–H and O–H groups in total. The number of rotatable bonds is 1. The smallest absolute Gasteiger partial charge is 0.409 e. The number of guanidine groups is 1. The molecule has 0 radical (unpaired) electrons. The molecule has 0 atom stereocenters. The van der Waals surface area contributed by atoms with Crippen LogP contribution in [0.1, 0.15) is 6.92 Å². The van der Waals surface area contributed by atoms with Gasteiger partial charge in [0.15, 0.2) is 5.96 Å². The molecule has 0 aliphatic carbocycles. The lowest BCUT2D eigenvalue weighted by Gasteiger charge is -2.34. The minimum Gasteiger partial charge on any atom is -0.759 e. The SMILES string of the molecule is CCOC(=O)N1CCN(C(=N)N)CC1.O=S(=O)([O-])[O-]. The van der Waals surface area contributed by atoms with Crippen LogP contribution in [0.3, 0.4) is 0 Å². The summed E-state index contributed by atoms with van der Waals surface area (Å²) in [5.74, 6) is 0.0634. The first-order valence-corrected chi connectivity index (χ1v) is 6.65. The van der Waals surface area contributed by atoms with Crippen LogP contribution in [-0.4, -0.2) is 72.2 Å². The summed E-state index contributed by atoms with van der Waals surface area (Å²) in [6, 6.07) is 0. The van der Waals surface area contributed by atoms with Gasteiger partial charge in [-0.05, 0) is 6.92 Å². The average molecular weight is 296 g/mol. The molecule has 1 heterocycles. The summed E-state index contributed by atoms with van der Waals surface area (Å²) in [5.41, 5.74) is 5.32. The maximum Gasteiger partial charge on any atom is 0.409 e. The second-order valence-electron chi connectivity index (χ2n) is 3.47. The normalized spacial score (nSPS) is 15.3. The number of amides is 1. The van der Waals surface area contributed by atoms with Crippen LogP contribution in [0.2, 0.25) is 0 Å². The monoisotopic (exact) mass is 296 g/mol. The Morgan fingerprint density at radius 3 is 1.95 bits per heavy atom. The number of carbonyl (C=O) groups excluding carboxylic acids is 1. The molecule has 1 fully saturated rings. The maximum absolute atomic E-state index is 11.3. The Morgan fingerprint density at radius 2 is 1.63 bits per heavy atom. The highest BCUT2D eigenvalue weighted by Crippen LogP contribution is 2.02. The van der Waals surface area contributed by atoms with Crippen LogP contribution in [0.15, 0.2) is 0 Å². The first kappa shape index (κ1) is 17.4. The molecule has 19 heavy (non-hydrogen) atoms. The second kappa shape index (κ2) is 7.76. The van der Waals surface area contributed by atoms with E-state index in [9.17, 15) is 4.79 Å². The molecule has 1 aliphatic rings. The molecule has 0 bridgehead atoms. The van der Waals surface area contributed by atoms with Crippen molar-refractivity contribution < 1.29 is 27.1 Å². The molecule has 112 valence electrons. The van der Waals surface area contributed by atoms with E-state index in [-0.39, 0.29) is 12.1 Å². The fourth-order valence-corrected chi connectivity index (χ4v) is 1.34. The van der Waals surface area contributed by atoms with Gasteiger partial charge >= 0.3 is 6.09 Å². The molecular formula is C8H16N4O6S-2. The standard InChI is InChI=1S/C8H16N4O2.H2O4S/c1-2-14-8(13)12-5-3-11(4-6-12)7(9)10;1-5(2,3)4/h2-6H2,1H3,(H3,9,10);(H2,1,2,3,4)/p-2. The summed E-state index contributed by atoms with van der Waals surface area (Å²) in [5, 5.41) is 7.21. The van der Waals surface area contributed by atoms with Gasteiger partial charge in [-0.25, -0.2) is 4.79 Å². The van der Waals surface area contributed by atoms with E-state index in [1.54, 1.807) is 16.7 Å². The second-order valence-corrected chi connectivity index (χ2v) is 4.28. The van der Waals surface area contributed by atoms with Gasteiger partial charge in [0.25, 0.3) is 0 Å². The molecular weight excluding hydrogens is 280 g/mol. The molecule has 11 heteroatoms. The molecule has 0 unspecified atom stereocenters. The molecule has 1 rings (SSSR count). The van der Waals surface area contributed by atoms with Crippen molar-refractivity contribution >= 4 is 22.5 Å². The highest BCUT2D eigenvalue weighted by Gasteiger charge is 2.21. The fraction of sp³-hybridized carbons (Fsp3) is 0.750. The van der Waals surface area contributed by atoms with Gasteiger partial charge in [0.05, 0.1) is 6.61 Å². The van der Waals surface area contributed by atoms with Crippen molar-refractivity contribution in [3.05, 3.63) is 0 Å². The summed E-state index contributed by atoms with van der Waals surface area (Å²) in [7, 11) is -5.17. The number of nitrogens with one attached hydrogen (secondary N) is 1. The van der Waals surface area contributed by atoms with E-state index in [1.165, 1.54) is 0 Å². The largest absolute Gasteiger partial charge is 0.759 e. The van der Waals surface area contributed by atoms with Crippen molar-refractivity contribution in [2.75, 3.05) is 32.8 Å². The zero-order valence-corrected chi connectivity index (χ0v) is 11.2. The van der Waals surface area contributed by atoms with Gasteiger partial charge in [-0.15, -0.1) is 0 Å². The maximum atomic E-state index is 11.3. The number of piperazine rings is 1. The first-order valence-electron chi connectivity index (χ1n) is 5.32. The lowest BCUT2D eigenvalue weighted by molar-refractivity contribution is 0.0917. The third kappa shape index (κ3) is 9.04. The minimum atomic E-state index is -5.17. The van der Waals surface area contributed by atoms with E-state index in [0.29, 0.717) is 32.8 Å². The Balaban J connectivity index is 0.000000555. The Morgan fingerprint density at radius 1 is 1.26 bits per heavy atom. The Labute approximate surface area is 111 Å². The Bertz CT molecular complexity index is 395. The van der Waals surface area contributed by atoms with E-state index in [0.717, 1.165) is 0 Å². The zero-order chi connectivity index (χ0) is 15.1. The van der Waals surface area contributed by atoms with E-state index in [4.69, 9.17) is 33.4 Å². The summed E-state index contributed by atoms with van der Waals surface area (Å²) in [6.45, 7) is 4.52. The lowest BCUT2D eigenvalue weighted by atomic mass is 10.3. The van der Waals surface area contributed by atoms with Gasteiger partial charge in [0, 0.05) is 36.6 Å². The molecule has 0 aromatic heterocycles. The molecule has 1 aliphatic heterocycles. The topological polar surface area (TPSA) is 163 Å². The van der Waals surface area contributed by atoms with Crippen molar-refractivity contribution in [2.45, 2.75) is 6.92 Å². The molecule has 1 amide bonds. The predicted molar refractivity (Wildman–Crippen MR) is 62.6 cm³/mol. The van der Waals surface area contributed by atoms with Crippen LogP contribution in [-0.2, 0) is 15.1 Å². The van der Waals surface area contributed by atoms with Gasteiger partial charge in [-0.1, -0.05) is 0 Å². The first-order chi connectivity index (χ1) is 8.65. The molecule has 0 aromatic rings. The number of ether oxygens (including phenoxy) is 1. The number of hydrogen-bond acceptors (Lipinski definition) is 7. The number of hydrogen-bond donors (Lipinski definition) is 2. The van der Waals surface area contributed by atoms with Crippen LogP contribution < -0.4 is 5.73 Å². The van der Waals surface area contributed by atoms with Crippen LogP contribution >= 0.6 is 0 Å². The van der Waals surface area contributed by atoms with E-state index >= 15 is 0 Å². The molecule has 0 spiro atoms. The number of nitrogens with zero attached hydrogens (tertiary/aromatic N) is 2. The van der Waals surface area contributed by atoms with Crippen LogP contribution in [0.4, 0.5) is 4.79 Å². The van der Waals surface area contributed by atoms with Gasteiger partial charge < -0.3 is 29.4 Å². The van der Waals surface area contributed by atoms with Crippen molar-refractivity contribution in [1.29, 1.82) is 5.41 Å². The molecule has 1 saturated heterocycles. The van der Waals surface area contributed by atoms with Crippen molar-refractivity contribution in [3.63, 3.8) is 0 Å². The predicted octanol–water partition coefficient (Wildman–Crippen LogP) is -1.68. The van der Waals surface area contributed by atoms with E-state index in [1.807, 2.05) is 0 Å². The fourth-order valence-electron chi connectivity index (χ4n) is 1.34. The quantitative estimate of drug-likeness (QED) is 0.250. The zero-order valence-electron chi connectivity index (χ0n) is 10.4. The van der Waals surface area contributed by atoms with Crippen LogP contribution in [0.5, 0.6) is 0 Å². The van der Waals surface area contributed by atoms with E-state index < -0.39 is 10.4 Å². The minimum absolute atomic E-state index is 0.0634. The summed E-state index contributed by atoms with van der Waals surface area (Å²) in [6.07, 6.45) is -0.282. The summed E-state index contributed by atoms with van der Waals surface area (Å²) in [4.78, 5) is 14.6. The van der Waals surface area contributed by atoms with Crippen molar-refractivity contribution in [1.82, 2.24) is 9.80 Å². The third-order valence-corrected chi connectivity index (χ3v) is 2.15. The van der Waals surface area contributed by atoms with Gasteiger partial charge in [-0.2, -0.15) is 0 Å². The van der Waals surface area contributed by atoms with E-state index in [2.05, 4.69) is 0 Å². The third-order valence-electron chi connectivity index (χ3n) is 2.15. The highest BCUT2D eigenvalue weighted by atomic mass is 32.3. The van der Waals surface area contributed by atoms with Gasteiger partial charge in [-0.3, -0.25) is 13.8 Å². The number of carbonyl (C=O) groups is 1. The summed E-state index contributed by atoms with van der Waals surface area (Å²) >= 11 is 0. The summed E-state index contributed by atoms with van der Waals surface area (Å²) < 4.78 is 38.9. The highest BCUT2D eigenvalue weighted by molar-refractivity contribution is 7.79. The molecule has 0 aromatic carbocycles. The number of nitrogens with two attached hydrogens (primary N) is 1. The molecule has 0 saturated carbocycles. The van der Waals surface area contributed by atoms with Crippen LogP contribution in [0, 0.1) is 5.41 Å². The Kier molecular flexibility index (Phi) is 7.11. The Hall–Kier alpha value is -1.59. The lowest BCUT2D eigenvalue weighted by Crippen LogP contribution is -2.52.